The zero-order chi connectivity index (χ0) is 15.2. The molecule has 0 heterocycles. The number of ether oxygens (including phenoxy) is 1. The molecule has 0 amide bonds. The molecule has 1 fully saturated rings. The fourth-order valence-corrected chi connectivity index (χ4v) is 2.60. The predicted octanol–water partition coefficient (Wildman–Crippen LogP) is 1.99. The predicted molar refractivity (Wildman–Crippen MR) is 71.7 cm³/mol. The number of carbonyl (C=O) groups is 2. The molecule has 0 aromatic heterocycles. The van der Waals surface area contributed by atoms with E-state index in [9.17, 15) is 14.7 Å². The highest BCUT2D eigenvalue weighted by Gasteiger charge is 2.43. The molecule has 3 unspecified atom stereocenters. The largest absolute Gasteiger partial charge is 0.465 e. The third kappa shape index (κ3) is 3.95. The highest BCUT2D eigenvalue weighted by Crippen LogP contribution is 2.33. The topological polar surface area (TPSA) is 112 Å². The van der Waals surface area contributed by atoms with Gasteiger partial charge in [-0.25, -0.2) is 0 Å². The molecule has 1 aliphatic rings. The van der Waals surface area contributed by atoms with Gasteiger partial charge in [0.05, 0.1) is 18.8 Å². The van der Waals surface area contributed by atoms with E-state index in [1.807, 2.05) is 0 Å². The zero-order valence-electron chi connectivity index (χ0n) is 11.9. The summed E-state index contributed by atoms with van der Waals surface area (Å²) < 4.78 is 4.93. The van der Waals surface area contributed by atoms with Crippen molar-refractivity contribution in [2.45, 2.75) is 45.1 Å². The Hall–Kier alpha value is -1.59. The molecule has 112 valence electrons. The van der Waals surface area contributed by atoms with Crippen molar-refractivity contribution in [1.29, 1.82) is 0 Å². The lowest BCUT2D eigenvalue weighted by Crippen LogP contribution is -2.45. The molecule has 0 aliphatic heterocycles. The molecule has 1 aliphatic carbocycles. The van der Waals surface area contributed by atoms with Gasteiger partial charge in [-0.15, -0.1) is 0 Å². The minimum atomic E-state index is -1.43. The second-order valence-corrected chi connectivity index (χ2v) is 5.29. The van der Waals surface area contributed by atoms with E-state index in [0.717, 1.165) is 12.8 Å². The number of azide groups is 1. The molecule has 0 spiro atoms. The van der Waals surface area contributed by atoms with Gasteiger partial charge in [-0.05, 0) is 32.2 Å². The van der Waals surface area contributed by atoms with Crippen LogP contribution < -0.4 is 0 Å². The van der Waals surface area contributed by atoms with Crippen LogP contribution in [0.25, 0.3) is 10.4 Å². The molecule has 1 saturated carbocycles. The van der Waals surface area contributed by atoms with Crippen LogP contribution in [-0.4, -0.2) is 35.6 Å². The summed E-state index contributed by atoms with van der Waals surface area (Å²) in [5, 5.41) is 13.7. The summed E-state index contributed by atoms with van der Waals surface area (Å²) in [6, 6.07) is 0. The standard InChI is InChI=1S/C13H21N3O4/c1-3-20-12(18)9-6-4-5-7-10(11(9)17)13(2,19)8-15-16-14/h9-10,19H,3-8H2,1-2H3. The van der Waals surface area contributed by atoms with Crippen molar-refractivity contribution in [2.24, 2.45) is 17.0 Å². The number of nitrogens with zero attached hydrogens (tertiary/aromatic N) is 3. The first-order valence-electron chi connectivity index (χ1n) is 6.87. The lowest BCUT2D eigenvalue weighted by Gasteiger charge is -2.31. The van der Waals surface area contributed by atoms with E-state index in [-0.39, 0.29) is 18.9 Å². The molecule has 20 heavy (non-hydrogen) atoms. The lowest BCUT2D eigenvalue weighted by atomic mass is 9.79. The highest BCUT2D eigenvalue weighted by molar-refractivity contribution is 6.00. The van der Waals surface area contributed by atoms with Gasteiger partial charge >= 0.3 is 5.97 Å². The van der Waals surface area contributed by atoms with E-state index >= 15 is 0 Å². The average molecular weight is 283 g/mol. The van der Waals surface area contributed by atoms with Gasteiger partial charge in [0, 0.05) is 10.8 Å². The molecule has 0 aromatic carbocycles. The van der Waals surface area contributed by atoms with Gasteiger partial charge in [-0.3, -0.25) is 9.59 Å². The molecule has 7 nitrogen and oxygen atoms in total. The van der Waals surface area contributed by atoms with Gasteiger partial charge in [-0.2, -0.15) is 0 Å². The molecule has 0 aromatic rings. The Labute approximate surface area is 117 Å². The van der Waals surface area contributed by atoms with Gasteiger partial charge in [0.1, 0.15) is 5.92 Å². The van der Waals surface area contributed by atoms with Crippen LogP contribution in [0.15, 0.2) is 5.11 Å². The molecule has 1 rings (SSSR count). The van der Waals surface area contributed by atoms with Crippen LogP contribution in [0.2, 0.25) is 0 Å². The van der Waals surface area contributed by atoms with Crippen molar-refractivity contribution in [3.63, 3.8) is 0 Å². The van der Waals surface area contributed by atoms with Crippen molar-refractivity contribution in [2.75, 3.05) is 13.2 Å². The van der Waals surface area contributed by atoms with E-state index in [0.29, 0.717) is 12.8 Å². The van der Waals surface area contributed by atoms with Gasteiger partial charge in [-0.1, -0.05) is 18.0 Å². The number of rotatable bonds is 5. The molecule has 1 N–H and O–H groups in total. The van der Waals surface area contributed by atoms with Crippen LogP contribution in [-0.2, 0) is 14.3 Å². The first-order chi connectivity index (χ1) is 9.44. The maximum atomic E-state index is 12.5. The van der Waals surface area contributed by atoms with Gasteiger partial charge in [0.15, 0.2) is 5.78 Å². The first kappa shape index (κ1) is 16.5. The van der Waals surface area contributed by atoms with Gasteiger partial charge in [0.25, 0.3) is 0 Å². The van der Waals surface area contributed by atoms with E-state index in [2.05, 4.69) is 10.0 Å². The first-order valence-corrected chi connectivity index (χ1v) is 6.87. The third-order valence-electron chi connectivity index (χ3n) is 3.70. The molecule has 7 heteroatoms. The van der Waals surface area contributed by atoms with Crippen LogP contribution in [0.5, 0.6) is 0 Å². The Morgan fingerprint density at radius 3 is 2.80 bits per heavy atom. The fraction of sp³-hybridized carbons (Fsp3) is 0.846. The number of ketones is 1. The Morgan fingerprint density at radius 2 is 2.20 bits per heavy atom. The maximum absolute atomic E-state index is 12.5. The maximum Gasteiger partial charge on any atom is 0.316 e. The van der Waals surface area contributed by atoms with Crippen molar-refractivity contribution < 1.29 is 19.4 Å². The number of esters is 1. The number of carbonyl (C=O) groups excluding carboxylic acids is 2. The summed E-state index contributed by atoms with van der Waals surface area (Å²) in [5.74, 6) is -2.35. The summed E-state index contributed by atoms with van der Waals surface area (Å²) in [6.07, 6.45) is 2.43. The molecule has 0 bridgehead atoms. The van der Waals surface area contributed by atoms with E-state index in [1.54, 1.807) is 6.92 Å². The summed E-state index contributed by atoms with van der Waals surface area (Å²) in [6.45, 7) is 3.20. The molecular formula is C13H21N3O4. The number of hydrogen-bond acceptors (Lipinski definition) is 5. The molecule has 0 radical (unpaired) electrons. The summed E-state index contributed by atoms with van der Waals surface area (Å²) in [4.78, 5) is 26.9. The smallest absolute Gasteiger partial charge is 0.316 e. The number of aliphatic hydroxyl groups is 1. The fourth-order valence-electron chi connectivity index (χ4n) is 2.60. The number of hydrogen-bond donors (Lipinski definition) is 1. The van der Waals surface area contributed by atoms with Crippen molar-refractivity contribution in [3.05, 3.63) is 10.4 Å². The van der Waals surface area contributed by atoms with Gasteiger partial charge < -0.3 is 9.84 Å². The van der Waals surface area contributed by atoms with Crippen LogP contribution >= 0.6 is 0 Å². The lowest BCUT2D eigenvalue weighted by molar-refractivity contribution is -0.154. The quantitative estimate of drug-likeness (QED) is 0.207. The third-order valence-corrected chi connectivity index (χ3v) is 3.70. The van der Waals surface area contributed by atoms with Gasteiger partial charge in [0.2, 0.25) is 0 Å². The Morgan fingerprint density at radius 1 is 1.55 bits per heavy atom. The van der Waals surface area contributed by atoms with E-state index in [1.165, 1.54) is 6.92 Å². The van der Waals surface area contributed by atoms with Crippen LogP contribution in [0.4, 0.5) is 0 Å². The highest BCUT2D eigenvalue weighted by atomic mass is 16.5. The molecule has 0 saturated heterocycles. The zero-order valence-corrected chi connectivity index (χ0v) is 11.9. The Balaban J connectivity index is 2.92. The van der Waals surface area contributed by atoms with E-state index in [4.69, 9.17) is 10.3 Å². The minimum Gasteiger partial charge on any atom is -0.465 e. The summed E-state index contributed by atoms with van der Waals surface area (Å²) in [7, 11) is 0. The summed E-state index contributed by atoms with van der Waals surface area (Å²) in [5.41, 5.74) is 6.92. The molecule has 3 atom stereocenters. The van der Waals surface area contributed by atoms with Crippen molar-refractivity contribution >= 4 is 11.8 Å². The summed E-state index contributed by atoms with van der Waals surface area (Å²) >= 11 is 0. The Bertz CT molecular complexity index is 416. The normalized spacial score (nSPS) is 26.1. The van der Waals surface area contributed by atoms with Crippen LogP contribution in [0.3, 0.4) is 0 Å². The van der Waals surface area contributed by atoms with Crippen molar-refractivity contribution in [1.82, 2.24) is 0 Å². The van der Waals surface area contributed by atoms with Crippen LogP contribution in [0, 0.1) is 11.8 Å². The number of Topliss-reactive ketones (excluding diaryl/α,β-unsaturated/α-hetero) is 1. The van der Waals surface area contributed by atoms with Crippen LogP contribution in [0.1, 0.15) is 39.5 Å². The van der Waals surface area contributed by atoms with Crippen molar-refractivity contribution in [3.8, 4) is 0 Å². The average Bonchev–Trinajstić information content (AvgIpc) is 2.59. The van der Waals surface area contributed by atoms with E-state index < -0.39 is 23.4 Å². The second-order valence-electron chi connectivity index (χ2n) is 5.29. The molecular weight excluding hydrogens is 262 g/mol. The second kappa shape index (κ2) is 7.26. The Kier molecular flexibility index (Phi) is 5.98. The monoisotopic (exact) mass is 283 g/mol. The minimum absolute atomic E-state index is 0.185. The SMILES string of the molecule is CCOC(=O)C1CCCCC(C(C)(O)CN=[N+]=[N-])C1=O.